The summed E-state index contributed by atoms with van der Waals surface area (Å²) in [6.45, 7) is 3.97. The minimum atomic E-state index is -0.470. The Morgan fingerprint density at radius 1 is 1.12 bits per heavy atom. The molecule has 1 aliphatic carbocycles. The number of benzene rings is 2. The number of allylic oxidation sites excluding steroid dienone is 1. The van der Waals surface area contributed by atoms with Crippen molar-refractivity contribution in [2.45, 2.75) is 20.3 Å². The molecule has 0 heterocycles. The largest absolute Gasteiger partial charge is 0.323 e. The minimum Gasteiger partial charge on any atom is -0.308 e. The zero-order chi connectivity index (χ0) is 18.0. The van der Waals surface area contributed by atoms with E-state index in [4.69, 9.17) is 0 Å². The predicted molar refractivity (Wildman–Crippen MR) is 95.0 cm³/mol. The fourth-order valence-electron chi connectivity index (χ4n) is 3.10. The average Bonchev–Trinajstić information content (AvgIpc) is 2.56. The van der Waals surface area contributed by atoms with Gasteiger partial charge in [0, 0.05) is 16.7 Å². The molecule has 2 amide bonds. The van der Waals surface area contributed by atoms with Crippen molar-refractivity contribution < 1.29 is 9.18 Å². The van der Waals surface area contributed by atoms with Gasteiger partial charge in [-0.2, -0.15) is 5.26 Å². The number of halogens is 1. The van der Waals surface area contributed by atoms with Crippen LogP contribution >= 0.6 is 0 Å². The second-order valence-electron chi connectivity index (χ2n) is 6.67. The summed E-state index contributed by atoms with van der Waals surface area (Å²) in [6.07, 6.45) is 0.733. The fourth-order valence-corrected chi connectivity index (χ4v) is 3.10. The van der Waals surface area contributed by atoms with Crippen LogP contribution in [0.3, 0.4) is 0 Å². The second-order valence-corrected chi connectivity index (χ2v) is 6.67. The van der Waals surface area contributed by atoms with E-state index in [0.717, 1.165) is 17.5 Å². The maximum atomic E-state index is 13.0. The van der Waals surface area contributed by atoms with E-state index in [1.165, 1.54) is 24.3 Å². The highest BCUT2D eigenvalue weighted by Crippen LogP contribution is 2.41. The minimum absolute atomic E-state index is 0.372. The van der Waals surface area contributed by atoms with E-state index in [1.54, 1.807) is 0 Å². The SMILES string of the molecule is CC1(C)Cc2ccccc2C(NC(=O)Nc2ccc(F)cc2)=C1C#N. The van der Waals surface area contributed by atoms with Gasteiger partial charge in [-0.25, -0.2) is 9.18 Å². The first-order valence-electron chi connectivity index (χ1n) is 7.97. The molecule has 0 unspecified atom stereocenters. The molecule has 4 nitrogen and oxygen atoms in total. The molecule has 0 bridgehead atoms. The number of rotatable bonds is 2. The Hall–Kier alpha value is -3.13. The van der Waals surface area contributed by atoms with Gasteiger partial charge in [0.25, 0.3) is 0 Å². The van der Waals surface area contributed by atoms with Gasteiger partial charge in [-0.05, 0) is 36.2 Å². The molecule has 0 spiro atoms. The van der Waals surface area contributed by atoms with Gasteiger partial charge < -0.3 is 10.6 Å². The summed E-state index contributed by atoms with van der Waals surface area (Å²) in [5, 5.41) is 15.1. The van der Waals surface area contributed by atoms with E-state index in [9.17, 15) is 14.4 Å². The van der Waals surface area contributed by atoms with Crippen molar-refractivity contribution in [1.29, 1.82) is 5.26 Å². The Morgan fingerprint density at radius 3 is 2.48 bits per heavy atom. The molecule has 0 saturated heterocycles. The van der Waals surface area contributed by atoms with Crippen LogP contribution < -0.4 is 10.6 Å². The summed E-state index contributed by atoms with van der Waals surface area (Å²) < 4.78 is 13.0. The molecule has 25 heavy (non-hydrogen) atoms. The summed E-state index contributed by atoms with van der Waals surface area (Å²) in [4.78, 5) is 12.4. The van der Waals surface area contributed by atoms with Crippen molar-refractivity contribution in [2.24, 2.45) is 5.41 Å². The van der Waals surface area contributed by atoms with Crippen LogP contribution in [0.2, 0.25) is 0 Å². The summed E-state index contributed by atoms with van der Waals surface area (Å²) in [7, 11) is 0. The van der Waals surface area contributed by atoms with Gasteiger partial charge in [0.2, 0.25) is 0 Å². The van der Waals surface area contributed by atoms with Crippen LogP contribution in [0.1, 0.15) is 25.0 Å². The fraction of sp³-hybridized carbons (Fsp3) is 0.200. The highest BCUT2D eigenvalue weighted by molar-refractivity contribution is 5.97. The van der Waals surface area contributed by atoms with E-state index in [-0.39, 0.29) is 11.2 Å². The molecule has 2 N–H and O–H groups in total. The predicted octanol–water partition coefficient (Wildman–Crippen LogP) is 4.46. The molecule has 126 valence electrons. The number of hydrogen-bond acceptors (Lipinski definition) is 2. The zero-order valence-corrected chi connectivity index (χ0v) is 14.1. The van der Waals surface area contributed by atoms with Crippen molar-refractivity contribution in [2.75, 3.05) is 5.32 Å². The van der Waals surface area contributed by atoms with Crippen LogP contribution in [-0.4, -0.2) is 6.03 Å². The topological polar surface area (TPSA) is 64.9 Å². The molecule has 2 aromatic rings. The van der Waals surface area contributed by atoms with Gasteiger partial charge in [-0.1, -0.05) is 38.1 Å². The van der Waals surface area contributed by atoms with Gasteiger partial charge >= 0.3 is 6.03 Å². The molecular formula is C20H18FN3O. The molecule has 0 atom stereocenters. The molecular weight excluding hydrogens is 317 g/mol. The van der Waals surface area contributed by atoms with E-state index in [0.29, 0.717) is 17.0 Å². The third-order valence-electron chi connectivity index (χ3n) is 4.30. The number of carbonyl (C=O) groups excluding carboxylic acids is 1. The Bertz CT molecular complexity index is 892. The lowest BCUT2D eigenvalue weighted by atomic mass is 9.72. The lowest BCUT2D eigenvalue weighted by Crippen LogP contribution is -2.34. The Kier molecular flexibility index (Phi) is 4.28. The monoisotopic (exact) mass is 335 g/mol. The number of urea groups is 1. The lowest BCUT2D eigenvalue weighted by molar-refractivity contribution is 0.255. The van der Waals surface area contributed by atoms with E-state index in [1.807, 2.05) is 38.1 Å². The molecule has 0 aromatic heterocycles. The Labute approximate surface area is 146 Å². The summed E-state index contributed by atoms with van der Waals surface area (Å²) in [5.41, 5.74) is 3.11. The summed E-state index contributed by atoms with van der Waals surface area (Å²) in [5.74, 6) is -0.372. The van der Waals surface area contributed by atoms with Crippen molar-refractivity contribution in [3.63, 3.8) is 0 Å². The molecule has 2 aromatic carbocycles. The maximum Gasteiger partial charge on any atom is 0.323 e. The highest BCUT2D eigenvalue weighted by Gasteiger charge is 2.34. The number of anilines is 1. The van der Waals surface area contributed by atoms with Crippen molar-refractivity contribution >= 4 is 17.4 Å². The highest BCUT2D eigenvalue weighted by atomic mass is 19.1. The smallest absolute Gasteiger partial charge is 0.308 e. The van der Waals surface area contributed by atoms with Gasteiger partial charge in [-0.3, -0.25) is 0 Å². The van der Waals surface area contributed by atoms with Crippen LogP contribution in [0.15, 0.2) is 54.1 Å². The van der Waals surface area contributed by atoms with Crippen LogP contribution in [0.25, 0.3) is 5.70 Å². The first-order valence-corrected chi connectivity index (χ1v) is 7.97. The normalized spacial score (nSPS) is 15.1. The van der Waals surface area contributed by atoms with Crippen LogP contribution in [-0.2, 0) is 6.42 Å². The van der Waals surface area contributed by atoms with Crippen molar-refractivity contribution in [3.05, 3.63) is 71.0 Å². The molecule has 0 aliphatic heterocycles. The number of amides is 2. The number of nitriles is 1. The quantitative estimate of drug-likeness (QED) is 0.851. The number of carbonyl (C=O) groups is 1. The van der Waals surface area contributed by atoms with Crippen molar-refractivity contribution in [3.8, 4) is 6.07 Å². The zero-order valence-electron chi connectivity index (χ0n) is 14.1. The number of nitrogens with one attached hydrogen (secondary N) is 2. The van der Waals surface area contributed by atoms with Crippen molar-refractivity contribution in [1.82, 2.24) is 5.32 Å². The number of fused-ring (bicyclic) bond motifs is 1. The van der Waals surface area contributed by atoms with Crippen LogP contribution in [0.5, 0.6) is 0 Å². The third-order valence-corrected chi connectivity index (χ3v) is 4.30. The molecule has 1 aliphatic rings. The molecule has 0 radical (unpaired) electrons. The van der Waals surface area contributed by atoms with Crippen LogP contribution in [0.4, 0.5) is 14.9 Å². The first kappa shape index (κ1) is 16.7. The van der Waals surface area contributed by atoms with E-state index < -0.39 is 6.03 Å². The Morgan fingerprint density at radius 2 is 1.80 bits per heavy atom. The standard InChI is InChI=1S/C20H18FN3O/c1-20(2)11-13-5-3-4-6-16(13)18(17(20)12-22)24-19(25)23-15-9-7-14(21)8-10-15/h3-10H,11H2,1-2H3,(H2,23,24,25). The summed E-state index contributed by atoms with van der Waals surface area (Å²) in [6, 6.07) is 15.0. The van der Waals surface area contributed by atoms with Gasteiger partial charge in [0.1, 0.15) is 5.82 Å². The molecule has 0 saturated carbocycles. The Balaban J connectivity index is 1.92. The average molecular weight is 335 g/mol. The van der Waals surface area contributed by atoms with Gasteiger partial charge in [-0.15, -0.1) is 0 Å². The molecule has 0 fully saturated rings. The molecule has 3 rings (SSSR count). The third kappa shape index (κ3) is 3.38. The van der Waals surface area contributed by atoms with Gasteiger partial charge in [0.15, 0.2) is 0 Å². The maximum absolute atomic E-state index is 13.0. The van der Waals surface area contributed by atoms with Gasteiger partial charge in [0.05, 0.1) is 17.3 Å². The lowest BCUT2D eigenvalue weighted by Gasteiger charge is -2.33. The van der Waals surface area contributed by atoms with Crippen LogP contribution in [0, 0.1) is 22.6 Å². The first-order chi connectivity index (χ1) is 11.9. The number of hydrogen-bond donors (Lipinski definition) is 2. The number of nitrogens with zero attached hydrogens (tertiary/aromatic N) is 1. The second kappa shape index (κ2) is 6.40. The summed E-state index contributed by atoms with van der Waals surface area (Å²) >= 11 is 0. The van der Waals surface area contributed by atoms with E-state index >= 15 is 0 Å². The van der Waals surface area contributed by atoms with E-state index in [2.05, 4.69) is 16.7 Å². The molecule has 5 heteroatoms.